The Morgan fingerprint density at radius 1 is 0.833 bits per heavy atom. The Bertz CT molecular complexity index is 643. The summed E-state index contributed by atoms with van der Waals surface area (Å²) in [5.74, 6) is 0.414. The summed E-state index contributed by atoms with van der Waals surface area (Å²) < 4.78 is 0. The lowest BCUT2D eigenvalue weighted by atomic mass is 9.80. The first-order valence-corrected chi connectivity index (χ1v) is 8.93. The Labute approximate surface area is 146 Å². The summed E-state index contributed by atoms with van der Waals surface area (Å²) in [7, 11) is 0. The summed E-state index contributed by atoms with van der Waals surface area (Å²) >= 11 is 0. The molecule has 1 aliphatic carbocycles. The van der Waals surface area contributed by atoms with Crippen LogP contribution in [-0.2, 0) is 12.8 Å². The lowest BCUT2D eigenvalue weighted by molar-refractivity contribution is 0.322. The highest BCUT2D eigenvalue weighted by Crippen LogP contribution is 2.34. The zero-order valence-corrected chi connectivity index (χ0v) is 14.5. The van der Waals surface area contributed by atoms with Crippen LogP contribution in [0.2, 0.25) is 0 Å². The molecule has 1 heteroatoms. The van der Waals surface area contributed by atoms with Crippen LogP contribution in [0.1, 0.15) is 34.6 Å². The van der Waals surface area contributed by atoms with Crippen LogP contribution < -0.4 is 0 Å². The lowest BCUT2D eigenvalue weighted by Crippen LogP contribution is -2.30. The molecule has 0 aromatic heterocycles. The molecule has 0 N–H and O–H groups in total. The number of hydrogen-bond donors (Lipinski definition) is 0. The van der Waals surface area contributed by atoms with E-state index in [4.69, 9.17) is 0 Å². The monoisotopic (exact) mass is 317 g/mol. The highest BCUT2D eigenvalue weighted by Gasteiger charge is 2.23. The Balaban J connectivity index is 2.04. The minimum Gasteiger partial charge on any atom is -0.295 e. The van der Waals surface area contributed by atoms with Crippen LogP contribution >= 0.6 is 0 Å². The van der Waals surface area contributed by atoms with Gasteiger partial charge in [-0.15, -0.1) is 13.2 Å². The fourth-order valence-corrected chi connectivity index (χ4v) is 3.88. The van der Waals surface area contributed by atoms with Crippen molar-refractivity contribution in [3.05, 3.63) is 96.1 Å². The molecule has 1 nitrogen and oxygen atoms in total. The SMILES string of the molecule is C=CCN(CC=C)CC1c2ccccc2CCCc2ccccc21. The molecule has 0 spiro atoms. The van der Waals surface area contributed by atoms with Crippen molar-refractivity contribution in [3.8, 4) is 0 Å². The molecule has 0 aliphatic heterocycles. The molecule has 0 saturated carbocycles. The lowest BCUT2D eigenvalue weighted by Gasteiger charge is -2.30. The number of rotatable bonds is 6. The van der Waals surface area contributed by atoms with E-state index in [1.165, 1.54) is 41.5 Å². The van der Waals surface area contributed by atoms with Crippen LogP contribution in [0.4, 0.5) is 0 Å². The first kappa shape index (κ1) is 16.7. The maximum atomic E-state index is 3.92. The Morgan fingerprint density at radius 3 is 1.83 bits per heavy atom. The van der Waals surface area contributed by atoms with Gasteiger partial charge in [-0.3, -0.25) is 4.90 Å². The molecule has 3 rings (SSSR count). The van der Waals surface area contributed by atoms with Gasteiger partial charge in [-0.25, -0.2) is 0 Å². The van der Waals surface area contributed by atoms with Crippen LogP contribution in [-0.4, -0.2) is 24.5 Å². The van der Waals surface area contributed by atoms with Gasteiger partial charge in [0.25, 0.3) is 0 Å². The molecule has 0 amide bonds. The summed E-state index contributed by atoms with van der Waals surface area (Å²) in [5.41, 5.74) is 5.99. The molecule has 1 aliphatic rings. The van der Waals surface area contributed by atoms with Gasteiger partial charge in [0, 0.05) is 25.6 Å². The van der Waals surface area contributed by atoms with E-state index in [0.29, 0.717) is 5.92 Å². The van der Waals surface area contributed by atoms with Crippen LogP contribution in [0.5, 0.6) is 0 Å². The van der Waals surface area contributed by atoms with Crippen molar-refractivity contribution >= 4 is 0 Å². The minimum atomic E-state index is 0.414. The van der Waals surface area contributed by atoms with Gasteiger partial charge < -0.3 is 0 Å². The van der Waals surface area contributed by atoms with Crippen molar-refractivity contribution in [1.82, 2.24) is 4.90 Å². The summed E-state index contributed by atoms with van der Waals surface area (Å²) in [6.07, 6.45) is 7.55. The zero-order chi connectivity index (χ0) is 16.8. The second-order valence-corrected chi connectivity index (χ2v) is 6.60. The van der Waals surface area contributed by atoms with Crippen molar-refractivity contribution < 1.29 is 0 Å². The van der Waals surface area contributed by atoms with Crippen molar-refractivity contribution in [2.24, 2.45) is 0 Å². The molecule has 124 valence electrons. The third kappa shape index (κ3) is 3.68. The molecule has 2 aromatic rings. The molecule has 0 heterocycles. The van der Waals surface area contributed by atoms with Gasteiger partial charge in [-0.2, -0.15) is 0 Å². The molecular formula is C23H27N. The fraction of sp³-hybridized carbons (Fsp3) is 0.304. The Kier molecular flexibility index (Phi) is 5.66. The fourth-order valence-electron chi connectivity index (χ4n) is 3.88. The number of benzene rings is 2. The second kappa shape index (κ2) is 8.12. The number of nitrogens with zero attached hydrogens (tertiary/aromatic N) is 1. The number of hydrogen-bond acceptors (Lipinski definition) is 1. The zero-order valence-electron chi connectivity index (χ0n) is 14.5. The second-order valence-electron chi connectivity index (χ2n) is 6.60. The molecule has 0 atom stereocenters. The van der Waals surface area contributed by atoms with E-state index in [2.05, 4.69) is 66.6 Å². The van der Waals surface area contributed by atoms with Gasteiger partial charge in [-0.1, -0.05) is 60.7 Å². The minimum absolute atomic E-state index is 0.414. The molecule has 0 saturated heterocycles. The van der Waals surface area contributed by atoms with Crippen LogP contribution in [0.15, 0.2) is 73.8 Å². The first-order chi connectivity index (χ1) is 11.8. The van der Waals surface area contributed by atoms with Crippen molar-refractivity contribution in [3.63, 3.8) is 0 Å². The summed E-state index contributed by atoms with van der Waals surface area (Å²) in [6.45, 7) is 10.6. The normalized spacial score (nSPS) is 14.4. The predicted octanol–water partition coefficient (Wildman–Crippen LogP) is 4.98. The third-order valence-electron chi connectivity index (χ3n) is 4.97. The molecule has 0 unspecified atom stereocenters. The third-order valence-corrected chi connectivity index (χ3v) is 4.97. The summed E-state index contributed by atoms with van der Waals surface area (Å²) in [5, 5.41) is 0. The van der Waals surface area contributed by atoms with E-state index < -0.39 is 0 Å². The number of fused-ring (bicyclic) bond motifs is 2. The van der Waals surface area contributed by atoms with Gasteiger partial charge in [0.15, 0.2) is 0 Å². The van der Waals surface area contributed by atoms with Gasteiger partial charge in [0.2, 0.25) is 0 Å². The van der Waals surface area contributed by atoms with Crippen LogP contribution in [0.25, 0.3) is 0 Å². The Hall–Kier alpha value is -2.12. The maximum absolute atomic E-state index is 3.92. The van der Waals surface area contributed by atoms with E-state index in [1.807, 2.05) is 12.2 Å². The van der Waals surface area contributed by atoms with E-state index in [1.54, 1.807) is 0 Å². The smallest absolute Gasteiger partial charge is 0.0222 e. The van der Waals surface area contributed by atoms with E-state index in [-0.39, 0.29) is 0 Å². The Morgan fingerprint density at radius 2 is 1.33 bits per heavy atom. The van der Waals surface area contributed by atoms with Gasteiger partial charge >= 0.3 is 0 Å². The predicted molar refractivity (Wildman–Crippen MR) is 104 cm³/mol. The quantitative estimate of drug-likeness (QED) is 0.679. The average molecular weight is 317 g/mol. The van der Waals surface area contributed by atoms with Crippen molar-refractivity contribution in [2.75, 3.05) is 19.6 Å². The summed E-state index contributed by atoms with van der Waals surface area (Å²) in [4.78, 5) is 2.43. The summed E-state index contributed by atoms with van der Waals surface area (Å²) in [6, 6.07) is 18.0. The molecule has 0 bridgehead atoms. The number of aryl methyl sites for hydroxylation is 2. The largest absolute Gasteiger partial charge is 0.295 e. The molecular weight excluding hydrogens is 290 g/mol. The average Bonchev–Trinajstić information content (AvgIpc) is 2.60. The van der Waals surface area contributed by atoms with Gasteiger partial charge in [0.1, 0.15) is 0 Å². The van der Waals surface area contributed by atoms with E-state index in [9.17, 15) is 0 Å². The first-order valence-electron chi connectivity index (χ1n) is 8.93. The van der Waals surface area contributed by atoms with Gasteiger partial charge in [-0.05, 0) is 41.5 Å². The van der Waals surface area contributed by atoms with Crippen LogP contribution in [0, 0.1) is 0 Å². The molecule has 2 aromatic carbocycles. The maximum Gasteiger partial charge on any atom is 0.0222 e. The van der Waals surface area contributed by atoms with Gasteiger partial charge in [0.05, 0.1) is 0 Å². The van der Waals surface area contributed by atoms with Crippen molar-refractivity contribution in [1.29, 1.82) is 0 Å². The van der Waals surface area contributed by atoms with E-state index in [0.717, 1.165) is 19.6 Å². The molecule has 24 heavy (non-hydrogen) atoms. The standard InChI is InChI=1S/C23H27N/c1-3-16-24(17-4-2)18-23-21-14-7-5-10-19(21)12-9-13-20-11-6-8-15-22(20)23/h3-8,10-11,14-15,23H,1-2,9,12-13,16-18H2. The highest BCUT2D eigenvalue weighted by molar-refractivity contribution is 5.43. The topological polar surface area (TPSA) is 3.24 Å². The van der Waals surface area contributed by atoms with Crippen LogP contribution in [0.3, 0.4) is 0 Å². The molecule has 0 fully saturated rings. The van der Waals surface area contributed by atoms with Crippen molar-refractivity contribution in [2.45, 2.75) is 25.2 Å². The molecule has 0 radical (unpaired) electrons. The van der Waals surface area contributed by atoms with E-state index >= 15 is 0 Å². The highest BCUT2D eigenvalue weighted by atomic mass is 15.1.